The zero-order valence-corrected chi connectivity index (χ0v) is 16.7. The molecule has 2 N–H and O–H groups in total. The molecule has 2 aromatic rings. The molecule has 1 amide bonds. The van der Waals surface area contributed by atoms with Crippen molar-refractivity contribution in [1.29, 1.82) is 0 Å². The fourth-order valence-corrected chi connectivity index (χ4v) is 3.90. The van der Waals surface area contributed by atoms with Gasteiger partial charge in [-0.2, -0.15) is 0 Å². The van der Waals surface area contributed by atoms with Crippen molar-refractivity contribution >= 4 is 23.2 Å². The maximum Gasteiger partial charge on any atom is 0.279 e. The summed E-state index contributed by atoms with van der Waals surface area (Å²) in [6.07, 6.45) is -1.30. The number of aliphatic hydroxyl groups is 1. The maximum atomic E-state index is 13.2. The molecule has 0 aliphatic carbocycles. The molecule has 1 saturated heterocycles. The summed E-state index contributed by atoms with van der Waals surface area (Å²) in [5, 5.41) is 13.5. The van der Waals surface area contributed by atoms with Gasteiger partial charge < -0.3 is 24.3 Å². The first-order chi connectivity index (χ1) is 14.3. The van der Waals surface area contributed by atoms with Gasteiger partial charge in [0.25, 0.3) is 11.5 Å². The summed E-state index contributed by atoms with van der Waals surface area (Å²) in [6.45, 7) is 3.38. The fraction of sp³-hybridized carbons (Fsp3) is 0.318. The van der Waals surface area contributed by atoms with Crippen LogP contribution in [0.2, 0.25) is 0 Å². The SMILES string of the molecule is CCc1ccc(C2=C(C)C(=O)[C@@]3(O2)C(=O)N[C@@](OC)(C(=O)c2ccccc2)[C@H]3O)o1. The van der Waals surface area contributed by atoms with E-state index in [1.165, 1.54) is 26.2 Å². The van der Waals surface area contributed by atoms with E-state index in [9.17, 15) is 19.5 Å². The van der Waals surface area contributed by atoms with Crippen molar-refractivity contribution in [3.63, 3.8) is 0 Å². The zero-order valence-electron chi connectivity index (χ0n) is 16.7. The molecule has 2 aliphatic heterocycles. The zero-order chi connectivity index (χ0) is 21.7. The normalized spacial score (nSPS) is 28.2. The second-order valence-corrected chi connectivity index (χ2v) is 7.23. The van der Waals surface area contributed by atoms with Gasteiger partial charge in [-0.05, 0) is 19.1 Å². The van der Waals surface area contributed by atoms with Gasteiger partial charge in [0.1, 0.15) is 5.76 Å². The second-order valence-electron chi connectivity index (χ2n) is 7.23. The predicted molar refractivity (Wildman–Crippen MR) is 104 cm³/mol. The van der Waals surface area contributed by atoms with Crippen molar-refractivity contribution in [2.45, 2.75) is 37.7 Å². The number of methoxy groups -OCH3 is 1. The Morgan fingerprint density at radius 2 is 1.90 bits per heavy atom. The molecule has 0 unspecified atom stereocenters. The van der Waals surface area contributed by atoms with Crippen molar-refractivity contribution in [3.05, 3.63) is 65.1 Å². The van der Waals surface area contributed by atoms with E-state index in [-0.39, 0.29) is 22.7 Å². The Morgan fingerprint density at radius 1 is 1.20 bits per heavy atom. The van der Waals surface area contributed by atoms with Gasteiger partial charge in [0.15, 0.2) is 17.6 Å². The van der Waals surface area contributed by atoms with Crippen LogP contribution in [0.5, 0.6) is 0 Å². The fourth-order valence-electron chi connectivity index (χ4n) is 3.90. The van der Waals surface area contributed by atoms with E-state index >= 15 is 0 Å². The molecule has 1 aromatic carbocycles. The molecule has 8 nitrogen and oxygen atoms in total. The third-order valence-corrected chi connectivity index (χ3v) is 5.62. The Labute approximate surface area is 172 Å². The van der Waals surface area contributed by atoms with Crippen LogP contribution in [-0.4, -0.2) is 47.1 Å². The number of carbonyl (C=O) groups excluding carboxylic acids is 3. The molecule has 30 heavy (non-hydrogen) atoms. The lowest BCUT2D eigenvalue weighted by atomic mass is 9.85. The number of benzene rings is 1. The number of rotatable bonds is 5. The lowest BCUT2D eigenvalue weighted by Crippen LogP contribution is -2.60. The molecule has 0 bridgehead atoms. The minimum Gasteiger partial charge on any atom is -0.462 e. The number of aliphatic hydroxyl groups excluding tert-OH is 1. The number of carbonyl (C=O) groups is 3. The van der Waals surface area contributed by atoms with Crippen LogP contribution in [0, 0.1) is 0 Å². The first-order valence-electron chi connectivity index (χ1n) is 9.51. The lowest BCUT2D eigenvalue weighted by Gasteiger charge is -2.32. The standard InChI is InChI=1S/C22H21NO7/c1-4-14-10-11-15(29-14)16-12(2)17(24)21(30-16)19(26)22(28-3,23-20(21)27)18(25)13-8-6-5-7-9-13/h5-11,19,26H,4H2,1-3H3,(H,23,27)/t19-,21-,22+/m0/s1. The number of hydrogen-bond donors (Lipinski definition) is 2. The van der Waals surface area contributed by atoms with Crippen LogP contribution in [0.3, 0.4) is 0 Å². The van der Waals surface area contributed by atoms with Gasteiger partial charge in [-0.15, -0.1) is 0 Å². The van der Waals surface area contributed by atoms with Crippen LogP contribution in [0.15, 0.2) is 52.5 Å². The number of Topliss-reactive ketones (excluding diaryl/α,β-unsaturated/α-hetero) is 2. The first kappa shape index (κ1) is 20.1. The van der Waals surface area contributed by atoms with Crippen LogP contribution in [-0.2, 0) is 25.5 Å². The van der Waals surface area contributed by atoms with Gasteiger partial charge in [0.2, 0.25) is 17.3 Å². The van der Waals surface area contributed by atoms with Crippen LogP contribution in [0.4, 0.5) is 0 Å². The topological polar surface area (TPSA) is 115 Å². The molecule has 3 atom stereocenters. The van der Waals surface area contributed by atoms with E-state index in [1.807, 2.05) is 6.92 Å². The van der Waals surface area contributed by atoms with Gasteiger partial charge in [-0.1, -0.05) is 37.3 Å². The van der Waals surface area contributed by atoms with Crippen LogP contribution in [0.1, 0.15) is 35.7 Å². The molecular weight excluding hydrogens is 390 g/mol. The minimum atomic E-state index is -2.35. The quantitative estimate of drug-likeness (QED) is 0.568. The maximum absolute atomic E-state index is 13.2. The van der Waals surface area contributed by atoms with Gasteiger partial charge in [0, 0.05) is 24.7 Å². The smallest absolute Gasteiger partial charge is 0.279 e. The first-order valence-corrected chi connectivity index (χ1v) is 9.51. The van der Waals surface area contributed by atoms with Gasteiger partial charge in [-0.25, -0.2) is 0 Å². The summed E-state index contributed by atoms with van der Waals surface area (Å²) in [5.74, 6) is -1.42. The van der Waals surface area contributed by atoms with E-state index in [0.717, 1.165) is 0 Å². The molecule has 0 radical (unpaired) electrons. The molecule has 2 aliphatic rings. The van der Waals surface area contributed by atoms with Crippen LogP contribution in [0.25, 0.3) is 5.76 Å². The average molecular weight is 411 g/mol. The van der Waals surface area contributed by atoms with Crippen molar-refractivity contribution in [2.75, 3.05) is 7.11 Å². The number of hydrogen-bond acceptors (Lipinski definition) is 7. The van der Waals surface area contributed by atoms with E-state index in [2.05, 4.69) is 5.32 Å². The molecule has 1 fully saturated rings. The predicted octanol–water partition coefficient (Wildman–Crippen LogP) is 1.63. The Kier molecular flexibility index (Phi) is 4.63. The monoisotopic (exact) mass is 411 g/mol. The Bertz CT molecular complexity index is 1070. The number of ketones is 2. The molecule has 0 saturated carbocycles. The van der Waals surface area contributed by atoms with Crippen LogP contribution < -0.4 is 5.32 Å². The van der Waals surface area contributed by atoms with Gasteiger partial charge >= 0.3 is 0 Å². The molecular formula is C22H21NO7. The summed E-state index contributed by atoms with van der Waals surface area (Å²) >= 11 is 0. The summed E-state index contributed by atoms with van der Waals surface area (Å²) in [7, 11) is 1.17. The van der Waals surface area contributed by atoms with E-state index in [4.69, 9.17) is 13.9 Å². The largest absolute Gasteiger partial charge is 0.462 e. The highest BCUT2D eigenvalue weighted by Crippen LogP contribution is 2.45. The second kappa shape index (κ2) is 6.93. The summed E-state index contributed by atoms with van der Waals surface area (Å²) in [4.78, 5) is 39.3. The Morgan fingerprint density at radius 3 is 2.50 bits per heavy atom. The molecule has 1 aromatic heterocycles. The molecule has 3 heterocycles. The Balaban J connectivity index is 1.76. The van der Waals surface area contributed by atoms with Crippen molar-refractivity contribution < 1.29 is 33.4 Å². The van der Waals surface area contributed by atoms with Crippen molar-refractivity contribution in [2.24, 2.45) is 0 Å². The molecule has 1 spiro atoms. The minimum absolute atomic E-state index is 0.0490. The summed E-state index contributed by atoms with van der Waals surface area (Å²) in [5.41, 5.74) is -4.22. The van der Waals surface area contributed by atoms with E-state index < -0.39 is 34.9 Å². The van der Waals surface area contributed by atoms with Gasteiger partial charge in [-0.3, -0.25) is 14.4 Å². The number of ether oxygens (including phenoxy) is 2. The number of nitrogens with one attached hydrogen (secondary N) is 1. The molecule has 8 heteroatoms. The summed E-state index contributed by atoms with van der Waals surface area (Å²) in [6, 6.07) is 11.4. The van der Waals surface area contributed by atoms with Crippen molar-refractivity contribution in [3.8, 4) is 0 Å². The number of aryl methyl sites for hydroxylation is 1. The highest BCUT2D eigenvalue weighted by Gasteiger charge is 2.74. The third-order valence-electron chi connectivity index (χ3n) is 5.62. The number of furan rings is 1. The lowest BCUT2D eigenvalue weighted by molar-refractivity contribution is -0.156. The Hall–Kier alpha value is -3.23. The summed E-state index contributed by atoms with van der Waals surface area (Å²) < 4.78 is 16.8. The third kappa shape index (κ3) is 2.50. The van der Waals surface area contributed by atoms with E-state index in [1.54, 1.807) is 30.3 Å². The molecule has 4 rings (SSSR count). The number of amides is 1. The van der Waals surface area contributed by atoms with Crippen molar-refractivity contribution in [1.82, 2.24) is 5.32 Å². The average Bonchev–Trinajstić information content (AvgIpc) is 3.41. The van der Waals surface area contributed by atoms with Crippen LogP contribution >= 0.6 is 0 Å². The highest BCUT2D eigenvalue weighted by molar-refractivity contribution is 6.25. The molecule has 156 valence electrons. The highest BCUT2D eigenvalue weighted by atomic mass is 16.6. The van der Waals surface area contributed by atoms with E-state index in [0.29, 0.717) is 12.2 Å². The van der Waals surface area contributed by atoms with Gasteiger partial charge in [0.05, 0.1) is 0 Å².